The van der Waals surface area contributed by atoms with Crippen molar-refractivity contribution in [3.05, 3.63) is 83.4 Å². The Kier molecular flexibility index (Phi) is 5.15. The van der Waals surface area contributed by atoms with Crippen molar-refractivity contribution in [3.8, 4) is 12.1 Å². The molecule has 0 aliphatic heterocycles. The zero-order valence-corrected chi connectivity index (χ0v) is 14.4. The molecule has 1 aliphatic carbocycles. The van der Waals surface area contributed by atoms with E-state index in [0.29, 0.717) is 24.2 Å². The lowest BCUT2D eigenvalue weighted by molar-refractivity contribution is -0.132. The third-order valence-electron chi connectivity index (χ3n) is 4.67. The summed E-state index contributed by atoms with van der Waals surface area (Å²) in [5.41, 5.74) is 3.26. The minimum absolute atomic E-state index is 0.0259. The molecule has 0 saturated heterocycles. The molecule has 0 bridgehead atoms. The fourth-order valence-electron chi connectivity index (χ4n) is 3.22. The largest absolute Gasteiger partial charge is 0.334 e. The van der Waals surface area contributed by atoms with Crippen molar-refractivity contribution < 1.29 is 4.79 Å². The van der Waals surface area contributed by atoms with Gasteiger partial charge in [-0.3, -0.25) is 4.79 Å². The second-order valence-corrected chi connectivity index (χ2v) is 6.50. The highest BCUT2D eigenvalue weighted by Gasteiger charge is 2.45. The third-order valence-corrected chi connectivity index (χ3v) is 4.67. The lowest BCUT2D eigenvalue weighted by atomic mass is 10.1. The summed E-state index contributed by atoms with van der Waals surface area (Å²) in [6.45, 7) is 4.70. The molecule has 0 N–H and O–H groups in total. The minimum atomic E-state index is -0.0259. The zero-order chi connectivity index (χ0) is 18.5. The monoisotopic (exact) mass is 341 g/mol. The van der Waals surface area contributed by atoms with E-state index in [-0.39, 0.29) is 17.7 Å². The van der Waals surface area contributed by atoms with Gasteiger partial charge in [-0.05, 0) is 47.7 Å². The molecule has 4 heteroatoms. The average molecular weight is 341 g/mol. The van der Waals surface area contributed by atoms with Crippen LogP contribution in [0.5, 0.6) is 0 Å². The van der Waals surface area contributed by atoms with Gasteiger partial charge in [0, 0.05) is 19.0 Å². The lowest BCUT2D eigenvalue weighted by Crippen LogP contribution is -2.32. The SMILES string of the molecule is C=CCN(Cc1cccc(C#N)c1)C(=O)[C@H]1C[C@H]1c1ccc(C#N)cc1. The van der Waals surface area contributed by atoms with Crippen LogP contribution >= 0.6 is 0 Å². The number of nitriles is 2. The fourth-order valence-corrected chi connectivity index (χ4v) is 3.22. The summed E-state index contributed by atoms with van der Waals surface area (Å²) in [6.07, 6.45) is 2.56. The van der Waals surface area contributed by atoms with Gasteiger partial charge in [-0.2, -0.15) is 10.5 Å². The molecule has 0 spiro atoms. The van der Waals surface area contributed by atoms with Crippen LogP contribution in [0.2, 0.25) is 0 Å². The van der Waals surface area contributed by atoms with Crippen LogP contribution in [-0.2, 0) is 11.3 Å². The van der Waals surface area contributed by atoms with E-state index in [9.17, 15) is 4.79 Å². The molecule has 0 heterocycles. The molecule has 2 aromatic rings. The fraction of sp³-hybridized carbons (Fsp3) is 0.227. The molecule has 128 valence electrons. The molecule has 3 rings (SSSR count). The van der Waals surface area contributed by atoms with Crippen molar-refractivity contribution in [1.82, 2.24) is 4.90 Å². The predicted octanol–water partition coefficient (Wildman–Crippen LogP) is 3.75. The zero-order valence-electron chi connectivity index (χ0n) is 14.4. The average Bonchev–Trinajstić information content (AvgIpc) is 3.48. The van der Waals surface area contributed by atoms with Crippen LogP contribution in [0.4, 0.5) is 0 Å². The Balaban J connectivity index is 1.70. The maximum absolute atomic E-state index is 12.9. The van der Waals surface area contributed by atoms with Gasteiger partial charge in [-0.1, -0.05) is 30.3 Å². The molecule has 1 fully saturated rings. The number of hydrogen-bond donors (Lipinski definition) is 0. The number of nitrogens with zero attached hydrogens (tertiary/aromatic N) is 3. The van der Waals surface area contributed by atoms with E-state index in [4.69, 9.17) is 10.5 Å². The molecule has 0 radical (unpaired) electrons. The summed E-state index contributed by atoms with van der Waals surface area (Å²) < 4.78 is 0. The number of rotatable bonds is 6. The van der Waals surface area contributed by atoms with Gasteiger partial charge in [-0.15, -0.1) is 6.58 Å². The minimum Gasteiger partial charge on any atom is -0.334 e. The van der Waals surface area contributed by atoms with Gasteiger partial charge in [0.2, 0.25) is 5.91 Å². The van der Waals surface area contributed by atoms with Gasteiger partial charge in [0.25, 0.3) is 0 Å². The number of benzene rings is 2. The van der Waals surface area contributed by atoms with Gasteiger partial charge >= 0.3 is 0 Å². The Bertz CT molecular complexity index is 902. The molecular weight excluding hydrogens is 322 g/mol. The van der Waals surface area contributed by atoms with Crippen LogP contribution in [0.15, 0.2) is 61.2 Å². The summed E-state index contributed by atoms with van der Waals surface area (Å²) in [7, 11) is 0. The summed E-state index contributed by atoms with van der Waals surface area (Å²) in [5.74, 6) is 0.302. The number of carbonyl (C=O) groups is 1. The molecule has 0 unspecified atom stereocenters. The Morgan fingerprint density at radius 3 is 2.54 bits per heavy atom. The maximum Gasteiger partial charge on any atom is 0.226 e. The normalized spacial score (nSPS) is 17.6. The first-order valence-electron chi connectivity index (χ1n) is 8.55. The molecule has 2 atom stereocenters. The molecule has 1 saturated carbocycles. The first kappa shape index (κ1) is 17.5. The molecule has 1 amide bonds. The smallest absolute Gasteiger partial charge is 0.226 e. The summed E-state index contributed by atoms with van der Waals surface area (Å²) in [6, 6.07) is 19.0. The molecule has 2 aromatic carbocycles. The summed E-state index contributed by atoms with van der Waals surface area (Å²) in [5, 5.41) is 17.9. The first-order valence-corrected chi connectivity index (χ1v) is 8.55. The molecule has 1 aliphatic rings. The molecule has 0 aromatic heterocycles. The Hall–Kier alpha value is -3.37. The predicted molar refractivity (Wildman–Crippen MR) is 98.8 cm³/mol. The van der Waals surface area contributed by atoms with Gasteiger partial charge < -0.3 is 4.90 Å². The molecule has 26 heavy (non-hydrogen) atoms. The summed E-state index contributed by atoms with van der Waals surface area (Å²) in [4.78, 5) is 14.7. The van der Waals surface area contributed by atoms with Crippen LogP contribution in [0, 0.1) is 28.6 Å². The van der Waals surface area contributed by atoms with E-state index in [1.54, 1.807) is 29.2 Å². The molecule has 4 nitrogen and oxygen atoms in total. The number of amides is 1. The van der Waals surface area contributed by atoms with E-state index in [1.807, 2.05) is 30.3 Å². The molecular formula is C22H19N3O. The Morgan fingerprint density at radius 2 is 1.88 bits per heavy atom. The van der Waals surface area contributed by atoms with Crippen molar-refractivity contribution in [3.63, 3.8) is 0 Å². The van der Waals surface area contributed by atoms with Crippen molar-refractivity contribution >= 4 is 5.91 Å². The van der Waals surface area contributed by atoms with Crippen LogP contribution in [0.25, 0.3) is 0 Å². The van der Waals surface area contributed by atoms with E-state index in [1.165, 1.54) is 0 Å². The van der Waals surface area contributed by atoms with Crippen molar-refractivity contribution in [1.29, 1.82) is 10.5 Å². The van der Waals surface area contributed by atoms with Gasteiger partial charge in [-0.25, -0.2) is 0 Å². The van der Waals surface area contributed by atoms with E-state index < -0.39 is 0 Å². The number of carbonyl (C=O) groups excluding carboxylic acids is 1. The highest BCUT2D eigenvalue weighted by atomic mass is 16.2. The standard InChI is InChI=1S/C22H19N3O/c1-2-10-25(15-18-5-3-4-17(11-18)14-24)22(26)21-12-20(21)19-8-6-16(13-23)7-9-19/h2-9,11,20-21H,1,10,12,15H2/t20-,21-/m0/s1. The van der Waals surface area contributed by atoms with Gasteiger partial charge in [0.15, 0.2) is 0 Å². The van der Waals surface area contributed by atoms with Crippen molar-refractivity contribution in [2.24, 2.45) is 5.92 Å². The topological polar surface area (TPSA) is 67.9 Å². The van der Waals surface area contributed by atoms with Gasteiger partial charge in [0.1, 0.15) is 0 Å². The van der Waals surface area contributed by atoms with E-state index in [0.717, 1.165) is 17.5 Å². The second kappa shape index (κ2) is 7.68. The van der Waals surface area contributed by atoms with Crippen molar-refractivity contribution in [2.75, 3.05) is 6.54 Å². The summed E-state index contributed by atoms with van der Waals surface area (Å²) >= 11 is 0. The third kappa shape index (κ3) is 3.82. The van der Waals surface area contributed by atoms with Crippen LogP contribution in [0.1, 0.15) is 34.6 Å². The highest BCUT2D eigenvalue weighted by Crippen LogP contribution is 2.48. The second-order valence-electron chi connectivity index (χ2n) is 6.50. The van der Waals surface area contributed by atoms with Gasteiger partial charge in [0.05, 0.1) is 23.3 Å². The maximum atomic E-state index is 12.9. The van der Waals surface area contributed by atoms with Crippen molar-refractivity contribution in [2.45, 2.75) is 18.9 Å². The highest BCUT2D eigenvalue weighted by molar-refractivity contribution is 5.83. The van der Waals surface area contributed by atoms with Crippen LogP contribution in [0.3, 0.4) is 0 Å². The van der Waals surface area contributed by atoms with E-state index >= 15 is 0 Å². The van der Waals surface area contributed by atoms with Crippen LogP contribution < -0.4 is 0 Å². The van der Waals surface area contributed by atoms with Crippen LogP contribution in [-0.4, -0.2) is 17.4 Å². The van der Waals surface area contributed by atoms with E-state index in [2.05, 4.69) is 18.7 Å². The Morgan fingerprint density at radius 1 is 1.15 bits per heavy atom. The lowest BCUT2D eigenvalue weighted by Gasteiger charge is -2.21. The quantitative estimate of drug-likeness (QED) is 0.752. The Labute approximate surface area is 153 Å². The number of hydrogen-bond acceptors (Lipinski definition) is 3. The first-order chi connectivity index (χ1) is 12.7.